The first-order valence-corrected chi connectivity index (χ1v) is 5.49. The van der Waals surface area contributed by atoms with Crippen molar-refractivity contribution in [3.05, 3.63) is 47.5 Å². The highest BCUT2D eigenvalue weighted by molar-refractivity contribution is 5.92. The monoisotopic (exact) mass is 229 g/mol. The lowest BCUT2D eigenvalue weighted by atomic mass is 10.1. The molecule has 17 heavy (non-hydrogen) atoms. The summed E-state index contributed by atoms with van der Waals surface area (Å²) in [6, 6.07) is 5.96. The van der Waals surface area contributed by atoms with E-state index in [0.29, 0.717) is 6.42 Å². The molecule has 0 bridgehead atoms. The van der Waals surface area contributed by atoms with Gasteiger partial charge in [0.1, 0.15) is 0 Å². The Labute approximate surface area is 100 Å². The molecule has 1 heterocycles. The van der Waals surface area contributed by atoms with E-state index >= 15 is 0 Å². The van der Waals surface area contributed by atoms with Crippen molar-refractivity contribution in [1.29, 1.82) is 0 Å². The van der Waals surface area contributed by atoms with E-state index in [1.165, 1.54) is 5.56 Å². The smallest absolute Gasteiger partial charge is 0.230 e. The predicted molar refractivity (Wildman–Crippen MR) is 66.8 cm³/mol. The lowest BCUT2D eigenvalue weighted by Crippen LogP contribution is -2.15. The van der Waals surface area contributed by atoms with E-state index in [2.05, 4.69) is 15.3 Å². The zero-order valence-electron chi connectivity index (χ0n) is 9.95. The maximum absolute atomic E-state index is 11.8. The summed E-state index contributed by atoms with van der Waals surface area (Å²) in [6.45, 7) is 4.02. The summed E-state index contributed by atoms with van der Waals surface area (Å²) < 4.78 is 0. The third kappa shape index (κ3) is 2.93. The van der Waals surface area contributed by atoms with E-state index < -0.39 is 0 Å². The van der Waals surface area contributed by atoms with Crippen LogP contribution in [-0.4, -0.2) is 15.9 Å². The summed E-state index contributed by atoms with van der Waals surface area (Å²) in [5.41, 5.74) is 3.93. The number of rotatable bonds is 3. The molecule has 0 aliphatic rings. The second kappa shape index (κ2) is 4.82. The Morgan fingerprint density at radius 2 is 2.24 bits per heavy atom. The molecule has 0 aliphatic carbocycles. The van der Waals surface area contributed by atoms with Gasteiger partial charge in [0.2, 0.25) is 5.91 Å². The highest BCUT2D eigenvalue weighted by Crippen LogP contribution is 2.16. The fourth-order valence-corrected chi connectivity index (χ4v) is 1.70. The van der Waals surface area contributed by atoms with Gasteiger partial charge >= 0.3 is 0 Å². The molecule has 0 saturated heterocycles. The number of anilines is 1. The Morgan fingerprint density at radius 3 is 2.88 bits per heavy atom. The van der Waals surface area contributed by atoms with Crippen molar-refractivity contribution < 1.29 is 4.79 Å². The van der Waals surface area contributed by atoms with Crippen LogP contribution in [0.3, 0.4) is 0 Å². The van der Waals surface area contributed by atoms with Gasteiger partial charge in [0, 0.05) is 17.6 Å². The van der Waals surface area contributed by atoms with E-state index in [1.54, 1.807) is 12.5 Å². The molecule has 1 aromatic heterocycles. The highest BCUT2D eigenvalue weighted by atomic mass is 16.1. The standard InChI is InChI=1S/C13H15N3O/c1-9-3-4-12(10(2)5-9)16-13(17)6-11-7-14-8-15-11/h3-5,7-8H,6H2,1-2H3,(H,14,15)(H,16,17). The molecule has 2 aromatic rings. The maximum Gasteiger partial charge on any atom is 0.230 e. The average molecular weight is 229 g/mol. The van der Waals surface area contributed by atoms with E-state index in [4.69, 9.17) is 0 Å². The minimum Gasteiger partial charge on any atom is -0.348 e. The van der Waals surface area contributed by atoms with Crippen molar-refractivity contribution in [2.24, 2.45) is 0 Å². The van der Waals surface area contributed by atoms with Crippen LogP contribution < -0.4 is 5.32 Å². The molecule has 2 rings (SSSR count). The van der Waals surface area contributed by atoms with Gasteiger partial charge in [-0.1, -0.05) is 17.7 Å². The molecule has 0 aliphatic heterocycles. The minimum absolute atomic E-state index is 0.0406. The number of benzene rings is 1. The van der Waals surface area contributed by atoms with Crippen molar-refractivity contribution in [2.75, 3.05) is 5.32 Å². The van der Waals surface area contributed by atoms with E-state index in [0.717, 1.165) is 16.9 Å². The molecule has 0 fully saturated rings. The summed E-state index contributed by atoms with van der Waals surface area (Å²) in [7, 11) is 0. The highest BCUT2D eigenvalue weighted by Gasteiger charge is 2.06. The van der Waals surface area contributed by atoms with Gasteiger partial charge in [-0.2, -0.15) is 0 Å². The second-order valence-corrected chi connectivity index (χ2v) is 4.12. The topological polar surface area (TPSA) is 57.8 Å². The number of aromatic amines is 1. The summed E-state index contributed by atoms with van der Waals surface area (Å²) in [5.74, 6) is -0.0406. The maximum atomic E-state index is 11.8. The minimum atomic E-state index is -0.0406. The number of imidazole rings is 1. The van der Waals surface area contributed by atoms with Crippen LogP contribution in [0.4, 0.5) is 5.69 Å². The number of amides is 1. The van der Waals surface area contributed by atoms with Gasteiger partial charge in [0.05, 0.1) is 12.7 Å². The number of carbonyl (C=O) groups excluding carboxylic acids is 1. The number of H-pyrrole nitrogens is 1. The van der Waals surface area contributed by atoms with Crippen LogP contribution in [0.15, 0.2) is 30.7 Å². The number of carbonyl (C=O) groups is 1. The van der Waals surface area contributed by atoms with Crippen molar-refractivity contribution in [3.8, 4) is 0 Å². The Kier molecular flexibility index (Phi) is 3.23. The molecule has 1 amide bonds. The molecule has 0 radical (unpaired) electrons. The molecule has 4 heteroatoms. The number of nitrogens with one attached hydrogen (secondary N) is 2. The first-order valence-electron chi connectivity index (χ1n) is 5.49. The van der Waals surface area contributed by atoms with Crippen LogP contribution in [0.5, 0.6) is 0 Å². The van der Waals surface area contributed by atoms with E-state index in [1.807, 2.05) is 32.0 Å². The molecular formula is C13H15N3O. The molecule has 0 atom stereocenters. The zero-order chi connectivity index (χ0) is 12.3. The molecule has 0 spiro atoms. The molecule has 1 aromatic carbocycles. The van der Waals surface area contributed by atoms with E-state index in [9.17, 15) is 4.79 Å². The van der Waals surface area contributed by atoms with Gasteiger partial charge in [-0.25, -0.2) is 4.98 Å². The van der Waals surface area contributed by atoms with Gasteiger partial charge in [0.25, 0.3) is 0 Å². The Bertz CT molecular complexity index is 517. The summed E-state index contributed by atoms with van der Waals surface area (Å²) in [6.07, 6.45) is 3.54. The second-order valence-electron chi connectivity index (χ2n) is 4.12. The number of nitrogens with zero attached hydrogens (tertiary/aromatic N) is 1. The first kappa shape index (κ1) is 11.4. The summed E-state index contributed by atoms with van der Waals surface area (Å²) in [5, 5.41) is 2.89. The Morgan fingerprint density at radius 1 is 1.41 bits per heavy atom. The number of hydrogen-bond donors (Lipinski definition) is 2. The third-order valence-electron chi connectivity index (χ3n) is 2.56. The van der Waals surface area contributed by atoms with Crippen molar-refractivity contribution in [2.45, 2.75) is 20.3 Å². The number of aromatic nitrogens is 2. The summed E-state index contributed by atoms with van der Waals surface area (Å²) >= 11 is 0. The van der Waals surface area contributed by atoms with Crippen LogP contribution in [-0.2, 0) is 11.2 Å². The van der Waals surface area contributed by atoms with Gasteiger partial charge < -0.3 is 10.3 Å². The molecule has 88 valence electrons. The SMILES string of the molecule is Cc1ccc(NC(=O)Cc2cnc[nH]2)c(C)c1. The zero-order valence-corrected chi connectivity index (χ0v) is 9.95. The molecular weight excluding hydrogens is 214 g/mol. The molecule has 2 N–H and O–H groups in total. The normalized spacial score (nSPS) is 10.2. The van der Waals surface area contributed by atoms with Gasteiger partial charge in [-0.05, 0) is 25.5 Å². The summed E-state index contributed by atoms with van der Waals surface area (Å²) in [4.78, 5) is 18.5. The largest absolute Gasteiger partial charge is 0.348 e. The molecule has 4 nitrogen and oxygen atoms in total. The quantitative estimate of drug-likeness (QED) is 0.847. The lowest BCUT2D eigenvalue weighted by molar-refractivity contribution is -0.115. The van der Waals surface area contributed by atoms with Crippen molar-refractivity contribution >= 4 is 11.6 Å². The van der Waals surface area contributed by atoms with Crippen LogP contribution in [0, 0.1) is 13.8 Å². The van der Waals surface area contributed by atoms with Crippen molar-refractivity contribution in [3.63, 3.8) is 0 Å². The van der Waals surface area contributed by atoms with E-state index in [-0.39, 0.29) is 5.91 Å². The molecule has 0 unspecified atom stereocenters. The number of hydrogen-bond acceptors (Lipinski definition) is 2. The van der Waals surface area contributed by atoms with Crippen LogP contribution >= 0.6 is 0 Å². The van der Waals surface area contributed by atoms with Gasteiger partial charge in [0.15, 0.2) is 0 Å². The predicted octanol–water partition coefficient (Wildman–Crippen LogP) is 2.21. The number of aryl methyl sites for hydroxylation is 2. The fraction of sp³-hybridized carbons (Fsp3) is 0.231. The average Bonchev–Trinajstić information content (AvgIpc) is 2.75. The fourth-order valence-electron chi connectivity index (χ4n) is 1.70. The first-order chi connectivity index (χ1) is 8.15. The third-order valence-corrected chi connectivity index (χ3v) is 2.56. The van der Waals surface area contributed by atoms with Crippen LogP contribution in [0.25, 0.3) is 0 Å². The van der Waals surface area contributed by atoms with Crippen LogP contribution in [0.1, 0.15) is 16.8 Å². The van der Waals surface area contributed by atoms with Crippen molar-refractivity contribution in [1.82, 2.24) is 9.97 Å². The van der Waals surface area contributed by atoms with Crippen LogP contribution in [0.2, 0.25) is 0 Å². The van der Waals surface area contributed by atoms with Gasteiger partial charge in [-0.15, -0.1) is 0 Å². The lowest BCUT2D eigenvalue weighted by Gasteiger charge is -2.08. The molecule has 0 saturated carbocycles. The Hall–Kier alpha value is -2.10. The van der Waals surface area contributed by atoms with Gasteiger partial charge in [-0.3, -0.25) is 4.79 Å². The Balaban J connectivity index is 2.03.